The summed E-state index contributed by atoms with van der Waals surface area (Å²) < 4.78 is 5.76. The zero-order valence-electron chi connectivity index (χ0n) is 11.8. The van der Waals surface area contributed by atoms with E-state index in [2.05, 4.69) is 10.3 Å². The molecule has 2 N–H and O–H groups in total. The molecule has 0 radical (unpaired) electrons. The van der Waals surface area contributed by atoms with Gasteiger partial charge in [-0.15, -0.1) is 0 Å². The molecule has 3 rings (SSSR count). The summed E-state index contributed by atoms with van der Waals surface area (Å²) in [5.74, 6) is 1.37. The van der Waals surface area contributed by atoms with E-state index in [1.54, 1.807) is 6.20 Å². The van der Waals surface area contributed by atoms with Crippen LogP contribution in [0.15, 0.2) is 34.9 Å². The van der Waals surface area contributed by atoms with Crippen molar-refractivity contribution in [2.45, 2.75) is 37.8 Å². The lowest BCUT2D eigenvalue weighted by Gasteiger charge is -2.27. The van der Waals surface area contributed by atoms with Crippen LogP contribution in [-0.2, 0) is 6.54 Å². The number of aliphatic hydroxyl groups is 1. The number of halogens is 1. The molecule has 0 aliphatic heterocycles. The maximum atomic E-state index is 9.58. The molecule has 2 aromatic rings. The van der Waals surface area contributed by atoms with Gasteiger partial charge in [-0.05, 0) is 37.1 Å². The van der Waals surface area contributed by atoms with E-state index in [1.165, 1.54) is 0 Å². The summed E-state index contributed by atoms with van der Waals surface area (Å²) in [6.07, 6.45) is 6.06. The maximum absolute atomic E-state index is 9.58. The quantitative estimate of drug-likeness (QED) is 0.889. The predicted molar refractivity (Wildman–Crippen MR) is 82.1 cm³/mol. The highest BCUT2D eigenvalue weighted by Crippen LogP contribution is 2.29. The summed E-state index contributed by atoms with van der Waals surface area (Å²) in [4.78, 5) is 4.30. The standard InChI is InChI=1S/C16H19ClN2O2/c17-13-5-3-12(4-6-13)14-9-18-15(21-14)10-19-16(11-20)7-1-2-8-16/h3-6,9,19-20H,1-2,7-8,10-11H2. The van der Waals surface area contributed by atoms with Gasteiger partial charge in [0.05, 0.1) is 19.3 Å². The normalized spacial score (nSPS) is 17.2. The average Bonchev–Trinajstić information content (AvgIpc) is 3.16. The first-order chi connectivity index (χ1) is 10.2. The summed E-state index contributed by atoms with van der Waals surface area (Å²) >= 11 is 5.88. The molecule has 1 saturated carbocycles. The van der Waals surface area contributed by atoms with E-state index in [-0.39, 0.29) is 12.1 Å². The second kappa shape index (κ2) is 6.18. The molecule has 1 fully saturated rings. The lowest BCUT2D eigenvalue weighted by atomic mass is 9.99. The Balaban J connectivity index is 1.66. The Hall–Kier alpha value is -1.36. The van der Waals surface area contributed by atoms with Gasteiger partial charge in [-0.2, -0.15) is 0 Å². The third kappa shape index (κ3) is 3.28. The van der Waals surface area contributed by atoms with Crippen LogP contribution < -0.4 is 5.32 Å². The van der Waals surface area contributed by atoms with Gasteiger partial charge in [-0.25, -0.2) is 4.98 Å². The highest BCUT2D eigenvalue weighted by atomic mass is 35.5. The minimum atomic E-state index is -0.158. The zero-order chi connectivity index (χ0) is 14.7. The van der Waals surface area contributed by atoms with E-state index in [9.17, 15) is 5.11 Å². The number of nitrogens with one attached hydrogen (secondary N) is 1. The molecule has 0 atom stereocenters. The predicted octanol–water partition coefficient (Wildman–Crippen LogP) is 3.39. The van der Waals surface area contributed by atoms with E-state index in [0.29, 0.717) is 17.5 Å². The highest BCUT2D eigenvalue weighted by Gasteiger charge is 2.32. The monoisotopic (exact) mass is 306 g/mol. The summed E-state index contributed by atoms with van der Waals surface area (Å²) in [5, 5.41) is 13.7. The number of aromatic nitrogens is 1. The summed E-state index contributed by atoms with van der Waals surface area (Å²) in [7, 11) is 0. The van der Waals surface area contributed by atoms with Crippen molar-refractivity contribution in [3.63, 3.8) is 0 Å². The van der Waals surface area contributed by atoms with Crippen LogP contribution in [0.5, 0.6) is 0 Å². The fourth-order valence-corrected chi connectivity index (χ4v) is 2.97. The molecule has 0 bridgehead atoms. The molecule has 0 spiro atoms. The van der Waals surface area contributed by atoms with Gasteiger partial charge in [0.15, 0.2) is 5.76 Å². The van der Waals surface area contributed by atoms with Crippen LogP contribution in [0.2, 0.25) is 5.02 Å². The van der Waals surface area contributed by atoms with Gasteiger partial charge in [0, 0.05) is 16.1 Å². The average molecular weight is 307 g/mol. The molecule has 5 heteroatoms. The molecule has 1 aliphatic carbocycles. The molecule has 112 valence electrons. The molecule has 1 heterocycles. The van der Waals surface area contributed by atoms with E-state index >= 15 is 0 Å². The zero-order valence-corrected chi connectivity index (χ0v) is 12.6. The van der Waals surface area contributed by atoms with Crippen LogP contribution in [0.3, 0.4) is 0 Å². The lowest BCUT2D eigenvalue weighted by Crippen LogP contribution is -2.45. The summed E-state index contributed by atoms with van der Waals surface area (Å²) in [5.41, 5.74) is 0.797. The van der Waals surface area contributed by atoms with Crippen molar-refractivity contribution in [1.29, 1.82) is 0 Å². The first-order valence-corrected chi connectivity index (χ1v) is 7.65. The second-order valence-electron chi connectivity index (χ2n) is 5.62. The van der Waals surface area contributed by atoms with Crippen molar-refractivity contribution >= 4 is 11.6 Å². The number of benzene rings is 1. The van der Waals surface area contributed by atoms with Crippen LogP contribution >= 0.6 is 11.6 Å². The first-order valence-electron chi connectivity index (χ1n) is 7.27. The van der Waals surface area contributed by atoms with Crippen LogP contribution in [-0.4, -0.2) is 22.2 Å². The molecule has 0 amide bonds. The number of aliphatic hydroxyl groups excluding tert-OH is 1. The summed E-state index contributed by atoms with van der Waals surface area (Å²) in [6.45, 7) is 0.700. The van der Waals surface area contributed by atoms with Gasteiger partial charge in [0.25, 0.3) is 0 Å². The van der Waals surface area contributed by atoms with Crippen molar-refractivity contribution in [1.82, 2.24) is 10.3 Å². The van der Waals surface area contributed by atoms with Crippen molar-refractivity contribution in [3.8, 4) is 11.3 Å². The van der Waals surface area contributed by atoms with Gasteiger partial charge in [0.1, 0.15) is 0 Å². The third-order valence-electron chi connectivity index (χ3n) is 4.16. The Bertz CT molecular complexity index is 589. The molecular weight excluding hydrogens is 288 g/mol. The molecule has 1 aromatic heterocycles. The smallest absolute Gasteiger partial charge is 0.208 e. The third-order valence-corrected chi connectivity index (χ3v) is 4.41. The number of hydrogen-bond donors (Lipinski definition) is 2. The van der Waals surface area contributed by atoms with Gasteiger partial charge in [-0.3, -0.25) is 0 Å². The maximum Gasteiger partial charge on any atom is 0.208 e. The van der Waals surface area contributed by atoms with Crippen LogP contribution in [0.1, 0.15) is 31.6 Å². The van der Waals surface area contributed by atoms with E-state index in [0.717, 1.165) is 37.0 Å². The molecule has 4 nitrogen and oxygen atoms in total. The Kier molecular flexibility index (Phi) is 4.29. The van der Waals surface area contributed by atoms with E-state index < -0.39 is 0 Å². The van der Waals surface area contributed by atoms with Gasteiger partial charge >= 0.3 is 0 Å². The van der Waals surface area contributed by atoms with Crippen molar-refractivity contribution in [2.24, 2.45) is 0 Å². The van der Waals surface area contributed by atoms with E-state index in [1.807, 2.05) is 24.3 Å². The first kappa shape index (κ1) is 14.6. The highest BCUT2D eigenvalue weighted by molar-refractivity contribution is 6.30. The molecule has 1 aromatic carbocycles. The minimum Gasteiger partial charge on any atom is -0.439 e. The Morgan fingerprint density at radius 2 is 1.95 bits per heavy atom. The summed E-state index contributed by atoms with van der Waals surface area (Å²) in [6, 6.07) is 7.48. The molecular formula is C16H19ClN2O2. The lowest BCUT2D eigenvalue weighted by molar-refractivity contribution is 0.159. The van der Waals surface area contributed by atoms with Crippen LogP contribution in [0.25, 0.3) is 11.3 Å². The number of oxazole rings is 1. The SMILES string of the molecule is OCC1(NCc2ncc(-c3ccc(Cl)cc3)o2)CCCC1. The molecule has 0 unspecified atom stereocenters. The fraction of sp³-hybridized carbons (Fsp3) is 0.438. The van der Waals surface area contributed by atoms with E-state index in [4.69, 9.17) is 16.0 Å². The number of hydrogen-bond acceptors (Lipinski definition) is 4. The largest absolute Gasteiger partial charge is 0.439 e. The second-order valence-corrected chi connectivity index (χ2v) is 6.06. The molecule has 21 heavy (non-hydrogen) atoms. The van der Waals surface area contributed by atoms with Crippen molar-refractivity contribution in [2.75, 3.05) is 6.61 Å². The fourth-order valence-electron chi connectivity index (χ4n) is 2.85. The Morgan fingerprint density at radius 3 is 2.62 bits per heavy atom. The number of nitrogens with zero attached hydrogens (tertiary/aromatic N) is 1. The topological polar surface area (TPSA) is 58.3 Å². The Morgan fingerprint density at radius 1 is 1.24 bits per heavy atom. The number of rotatable bonds is 5. The van der Waals surface area contributed by atoms with Crippen molar-refractivity contribution in [3.05, 3.63) is 41.4 Å². The molecule has 1 aliphatic rings. The minimum absolute atomic E-state index is 0.158. The van der Waals surface area contributed by atoms with Gasteiger partial charge in [-0.1, -0.05) is 24.4 Å². The Labute approximate surface area is 129 Å². The van der Waals surface area contributed by atoms with Crippen molar-refractivity contribution < 1.29 is 9.52 Å². The van der Waals surface area contributed by atoms with Gasteiger partial charge in [0.2, 0.25) is 5.89 Å². The molecule has 0 saturated heterocycles. The van der Waals surface area contributed by atoms with Gasteiger partial charge < -0.3 is 14.8 Å². The van der Waals surface area contributed by atoms with Crippen LogP contribution in [0, 0.1) is 0 Å². The van der Waals surface area contributed by atoms with Crippen LogP contribution in [0.4, 0.5) is 0 Å².